The Labute approximate surface area is 208 Å². The number of nitrogens with zero attached hydrogens (tertiary/aromatic N) is 2. The highest BCUT2D eigenvalue weighted by molar-refractivity contribution is 6.41. The zero-order valence-electron chi connectivity index (χ0n) is 18.8. The molecule has 4 rings (SSSR count). The Morgan fingerprint density at radius 3 is 2.41 bits per heavy atom. The molecule has 0 bridgehead atoms. The molecule has 1 saturated carbocycles. The summed E-state index contributed by atoms with van der Waals surface area (Å²) < 4.78 is 10.8. The van der Waals surface area contributed by atoms with Gasteiger partial charge in [0, 0.05) is 35.3 Å². The number of benzene rings is 2. The molecule has 0 spiro atoms. The molecule has 1 aliphatic carbocycles. The molecule has 7 nitrogen and oxygen atoms in total. The Balaban J connectivity index is 1.63. The highest BCUT2D eigenvalue weighted by Crippen LogP contribution is 2.46. The molecule has 0 radical (unpaired) electrons. The highest BCUT2D eigenvalue weighted by atomic mass is 35.5. The third-order valence-electron chi connectivity index (χ3n) is 5.97. The van der Waals surface area contributed by atoms with Crippen LogP contribution in [0.5, 0.6) is 11.5 Å². The van der Waals surface area contributed by atoms with Crippen LogP contribution in [0.4, 0.5) is 5.95 Å². The standard InChI is InChI=1S/C25H24Cl2N4O3/c1-4-21(32)29-17-7-5-6-8-18(17)31-25-28-13-15-11-14(9-10-16(15)30-25)22-23(26)19(33-2)12-20(34-3)24(22)27/h1,9-13,17-18H,5-8H2,2-3H3,(H,29,32)(H,28,30,31)/t17-,18+/m0/s1. The molecule has 1 aromatic heterocycles. The number of anilines is 1. The summed E-state index contributed by atoms with van der Waals surface area (Å²) in [5.74, 6) is 3.14. The molecule has 2 aromatic carbocycles. The lowest BCUT2D eigenvalue weighted by molar-refractivity contribution is -0.116. The van der Waals surface area contributed by atoms with Crippen LogP contribution in [0.3, 0.4) is 0 Å². The number of ether oxygens (including phenoxy) is 2. The van der Waals surface area contributed by atoms with Crippen LogP contribution in [0.25, 0.3) is 22.0 Å². The van der Waals surface area contributed by atoms with E-state index < -0.39 is 5.91 Å². The van der Waals surface area contributed by atoms with Crippen molar-refractivity contribution in [3.63, 3.8) is 0 Å². The maximum absolute atomic E-state index is 11.7. The van der Waals surface area contributed by atoms with Gasteiger partial charge in [-0.15, -0.1) is 6.42 Å². The second-order valence-electron chi connectivity index (χ2n) is 8.01. The second kappa shape index (κ2) is 10.4. The highest BCUT2D eigenvalue weighted by Gasteiger charge is 2.27. The molecular weight excluding hydrogens is 475 g/mol. The number of hydrogen-bond donors (Lipinski definition) is 2. The number of amides is 1. The summed E-state index contributed by atoms with van der Waals surface area (Å²) in [5.41, 5.74) is 2.15. The topological polar surface area (TPSA) is 85.4 Å². The minimum absolute atomic E-state index is 0.00429. The minimum Gasteiger partial charge on any atom is -0.495 e. The molecule has 176 valence electrons. The first kappa shape index (κ1) is 23.9. The van der Waals surface area contributed by atoms with E-state index in [0.29, 0.717) is 33.1 Å². The third-order valence-corrected chi connectivity index (χ3v) is 6.72. The maximum atomic E-state index is 11.7. The number of carbonyl (C=O) groups excluding carboxylic acids is 1. The molecule has 9 heteroatoms. The zero-order valence-corrected chi connectivity index (χ0v) is 20.3. The SMILES string of the molecule is C#CC(=O)N[C@H]1CCCC[C@H]1Nc1ncc2cc(-c3c(Cl)c(OC)cc(OC)c3Cl)ccc2n1. The Morgan fingerprint density at radius 1 is 1.09 bits per heavy atom. The van der Waals surface area contributed by atoms with Crippen LogP contribution in [-0.4, -0.2) is 42.2 Å². The molecule has 1 amide bonds. The molecule has 2 atom stereocenters. The van der Waals surface area contributed by atoms with Gasteiger partial charge in [-0.1, -0.05) is 42.1 Å². The predicted octanol–water partition coefficient (Wildman–Crippen LogP) is 5.09. The van der Waals surface area contributed by atoms with Crippen molar-refractivity contribution in [2.24, 2.45) is 0 Å². The van der Waals surface area contributed by atoms with Crippen molar-refractivity contribution in [3.05, 3.63) is 40.5 Å². The van der Waals surface area contributed by atoms with E-state index in [0.717, 1.165) is 42.1 Å². The van der Waals surface area contributed by atoms with Crippen molar-refractivity contribution in [1.29, 1.82) is 0 Å². The van der Waals surface area contributed by atoms with Crippen LogP contribution in [0.15, 0.2) is 30.5 Å². The Hall–Kier alpha value is -3.21. The first-order valence-electron chi connectivity index (χ1n) is 10.9. The summed E-state index contributed by atoms with van der Waals surface area (Å²) in [6.07, 6.45) is 10.8. The molecule has 1 fully saturated rings. The lowest BCUT2D eigenvalue weighted by Crippen LogP contribution is -2.48. The molecule has 0 saturated heterocycles. The van der Waals surface area contributed by atoms with Crippen LogP contribution in [0.1, 0.15) is 25.7 Å². The quantitative estimate of drug-likeness (QED) is 0.460. The van der Waals surface area contributed by atoms with E-state index in [-0.39, 0.29) is 12.1 Å². The van der Waals surface area contributed by atoms with Gasteiger partial charge in [0.15, 0.2) is 0 Å². The third kappa shape index (κ3) is 4.84. The zero-order chi connectivity index (χ0) is 24.2. The summed E-state index contributed by atoms with van der Waals surface area (Å²) in [5, 5.41) is 7.86. The fourth-order valence-corrected chi connectivity index (χ4v) is 4.97. The minimum atomic E-state index is -0.405. The summed E-state index contributed by atoms with van der Waals surface area (Å²) in [6.45, 7) is 0. The maximum Gasteiger partial charge on any atom is 0.295 e. The number of rotatable bonds is 6. The molecule has 1 heterocycles. The van der Waals surface area contributed by atoms with Crippen LogP contribution < -0.4 is 20.1 Å². The van der Waals surface area contributed by atoms with Gasteiger partial charge in [0.1, 0.15) is 11.5 Å². The average molecular weight is 499 g/mol. The number of carbonyl (C=O) groups is 1. The Morgan fingerprint density at radius 2 is 1.76 bits per heavy atom. The molecule has 3 aromatic rings. The van der Waals surface area contributed by atoms with E-state index in [1.54, 1.807) is 12.3 Å². The lowest BCUT2D eigenvalue weighted by atomic mass is 9.90. The molecule has 0 aliphatic heterocycles. The van der Waals surface area contributed by atoms with Crippen molar-refractivity contribution in [1.82, 2.24) is 15.3 Å². The fourth-order valence-electron chi connectivity index (χ4n) is 4.25. The Kier molecular flexibility index (Phi) is 7.30. The van der Waals surface area contributed by atoms with E-state index in [1.165, 1.54) is 14.2 Å². The van der Waals surface area contributed by atoms with Gasteiger partial charge in [0.2, 0.25) is 5.95 Å². The van der Waals surface area contributed by atoms with Crippen molar-refractivity contribution < 1.29 is 14.3 Å². The van der Waals surface area contributed by atoms with Gasteiger partial charge in [-0.25, -0.2) is 9.97 Å². The second-order valence-corrected chi connectivity index (χ2v) is 8.77. The van der Waals surface area contributed by atoms with Gasteiger partial charge in [-0.2, -0.15) is 0 Å². The number of methoxy groups -OCH3 is 2. The van der Waals surface area contributed by atoms with Gasteiger partial charge >= 0.3 is 0 Å². The first-order valence-corrected chi connectivity index (χ1v) is 11.6. The molecule has 34 heavy (non-hydrogen) atoms. The summed E-state index contributed by atoms with van der Waals surface area (Å²) in [4.78, 5) is 20.8. The first-order chi connectivity index (χ1) is 16.4. The van der Waals surface area contributed by atoms with E-state index in [1.807, 2.05) is 18.2 Å². The van der Waals surface area contributed by atoms with Crippen LogP contribution >= 0.6 is 23.2 Å². The van der Waals surface area contributed by atoms with Gasteiger partial charge < -0.3 is 20.1 Å². The summed E-state index contributed by atoms with van der Waals surface area (Å²) >= 11 is 13.1. The fraction of sp³-hybridized carbons (Fsp3) is 0.320. The molecular formula is C25H24Cl2N4O3. The normalized spacial score (nSPS) is 17.6. The van der Waals surface area contributed by atoms with Crippen LogP contribution in [0, 0.1) is 12.3 Å². The predicted molar refractivity (Wildman–Crippen MR) is 135 cm³/mol. The molecule has 0 unspecified atom stereocenters. The van der Waals surface area contributed by atoms with E-state index in [9.17, 15) is 4.79 Å². The number of aromatic nitrogens is 2. The van der Waals surface area contributed by atoms with Crippen LogP contribution in [-0.2, 0) is 4.79 Å². The van der Waals surface area contributed by atoms with Crippen LogP contribution in [0.2, 0.25) is 10.0 Å². The molecule has 2 N–H and O–H groups in total. The summed E-state index contributed by atoms with van der Waals surface area (Å²) in [6, 6.07) is 7.29. The van der Waals surface area contributed by atoms with Crippen molar-refractivity contribution in [2.45, 2.75) is 37.8 Å². The van der Waals surface area contributed by atoms with Gasteiger partial charge in [0.25, 0.3) is 5.91 Å². The number of halogens is 2. The van der Waals surface area contributed by atoms with Crippen molar-refractivity contribution in [2.75, 3.05) is 19.5 Å². The number of fused-ring (bicyclic) bond motifs is 1. The Bertz CT molecular complexity index is 1250. The average Bonchev–Trinajstić information content (AvgIpc) is 2.85. The van der Waals surface area contributed by atoms with E-state index in [2.05, 4.69) is 26.5 Å². The smallest absolute Gasteiger partial charge is 0.295 e. The largest absolute Gasteiger partial charge is 0.495 e. The number of terminal acetylenes is 1. The van der Waals surface area contributed by atoms with Crippen molar-refractivity contribution in [3.8, 4) is 35.0 Å². The number of nitrogens with one attached hydrogen (secondary N) is 2. The van der Waals surface area contributed by atoms with Gasteiger partial charge in [-0.3, -0.25) is 4.79 Å². The van der Waals surface area contributed by atoms with E-state index in [4.69, 9.17) is 39.1 Å². The number of hydrogen-bond acceptors (Lipinski definition) is 6. The molecule has 1 aliphatic rings. The lowest BCUT2D eigenvalue weighted by Gasteiger charge is -2.32. The summed E-state index contributed by atoms with van der Waals surface area (Å²) in [7, 11) is 3.08. The van der Waals surface area contributed by atoms with E-state index >= 15 is 0 Å². The van der Waals surface area contributed by atoms with Crippen molar-refractivity contribution >= 4 is 46.0 Å². The van der Waals surface area contributed by atoms with Gasteiger partial charge in [0.05, 0.1) is 29.8 Å². The monoisotopic (exact) mass is 498 g/mol. The van der Waals surface area contributed by atoms with Gasteiger partial charge in [-0.05, 0) is 36.5 Å².